The van der Waals surface area contributed by atoms with Crippen LogP contribution >= 0.6 is 0 Å². The molecule has 0 aliphatic heterocycles. The van der Waals surface area contributed by atoms with Crippen LogP contribution < -0.4 is 11.1 Å². The van der Waals surface area contributed by atoms with E-state index in [2.05, 4.69) is 5.32 Å². The lowest BCUT2D eigenvalue weighted by atomic mass is 9.94. The zero-order chi connectivity index (χ0) is 13.0. The van der Waals surface area contributed by atoms with Crippen molar-refractivity contribution in [1.29, 1.82) is 0 Å². The van der Waals surface area contributed by atoms with Gasteiger partial charge < -0.3 is 11.1 Å². The van der Waals surface area contributed by atoms with Gasteiger partial charge in [0.15, 0.2) is 0 Å². The highest BCUT2D eigenvalue weighted by Crippen LogP contribution is 2.29. The number of hydrogen-bond acceptors (Lipinski definition) is 2. The molecule has 0 bridgehead atoms. The van der Waals surface area contributed by atoms with Gasteiger partial charge >= 0.3 is 0 Å². The zero-order valence-corrected chi connectivity index (χ0v) is 10.4. The van der Waals surface area contributed by atoms with Crippen LogP contribution in [0.5, 0.6) is 0 Å². The number of carbonyl (C=O) groups excluding carboxylic acids is 1. The van der Waals surface area contributed by atoms with Gasteiger partial charge in [-0.05, 0) is 30.5 Å². The van der Waals surface area contributed by atoms with Gasteiger partial charge in [-0.3, -0.25) is 4.79 Å². The zero-order valence-electron chi connectivity index (χ0n) is 10.4. The predicted molar refractivity (Wildman–Crippen MR) is 68.3 cm³/mol. The fourth-order valence-corrected chi connectivity index (χ4v) is 2.49. The normalized spacial score (nSPS) is 17.7. The van der Waals surface area contributed by atoms with Crippen molar-refractivity contribution >= 4 is 5.91 Å². The van der Waals surface area contributed by atoms with E-state index < -0.39 is 0 Å². The minimum absolute atomic E-state index is 0.0522. The second-order valence-electron chi connectivity index (χ2n) is 5.15. The number of rotatable bonds is 4. The molecule has 3 N–H and O–H groups in total. The van der Waals surface area contributed by atoms with E-state index in [0.717, 1.165) is 31.2 Å². The Hall–Kier alpha value is -1.42. The highest BCUT2D eigenvalue weighted by atomic mass is 19.1. The quantitative estimate of drug-likeness (QED) is 0.859. The van der Waals surface area contributed by atoms with Crippen molar-refractivity contribution in [1.82, 2.24) is 5.32 Å². The van der Waals surface area contributed by atoms with Crippen LogP contribution in [0.2, 0.25) is 0 Å². The lowest BCUT2D eigenvalue weighted by Crippen LogP contribution is -2.42. The first kappa shape index (κ1) is 13.0. The van der Waals surface area contributed by atoms with Gasteiger partial charge in [0.25, 0.3) is 0 Å². The van der Waals surface area contributed by atoms with Crippen LogP contribution in [-0.2, 0) is 11.3 Å². The third-order valence-electron chi connectivity index (χ3n) is 3.49. The van der Waals surface area contributed by atoms with Crippen LogP contribution in [-0.4, -0.2) is 11.4 Å². The summed E-state index contributed by atoms with van der Waals surface area (Å²) in [6.45, 7) is 0.354. The molecule has 1 aliphatic rings. The maximum Gasteiger partial charge on any atom is 0.222 e. The number of nitrogens with two attached hydrogens (primary N) is 1. The van der Waals surface area contributed by atoms with Crippen LogP contribution in [0, 0.1) is 5.82 Å². The summed E-state index contributed by atoms with van der Waals surface area (Å²) in [6.07, 6.45) is 4.41. The summed E-state index contributed by atoms with van der Waals surface area (Å²) in [4.78, 5) is 11.8. The number of halogens is 1. The van der Waals surface area contributed by atoms with E-state index in [9.17, 15) is 9.18 Å². The number of benzene rings is 1. The first-order valence-electron chi connectivity index (χ1n) is 6.37. The summed E-state index contributed by atoms with van der Waals surface area (Å²) < 4.78 is 12.9. The molecule has 1 amide bonds. The van der Waals surface area contributed by atoms with E-state index in [1.54, 1.807) is 12.1 Å². The summed E-state index contributed by atoms with van der Waals surface area (Å²) >= 11 is 0. The standard InChI is InChI=1S/C14H19FN2O/c15-12-5-3-4-11(8-12)10-17-13(18)9-14(16)6-1-2-7-14/h3-5,8H,1-2,6-7,9-10,16H2,(H,17,18). The highest BCUT2D eigenvalue weighted by Gasteiger charge is 2.31. The van der Waals surface area contributed by atoms with Gasteiger partial charge in [-0.2, -0.15) is 0 Å². The van der Waals surface area contributed by atoms with E-state index in [-0.39, 0.29) is 17.3 Å². The van der Waals surface area contributed by atoms with Crippen LogP contribution in [0.4, 0.5) is 4.39 Å². The van der Waals surface area contributed by atoms with E-state index in [1.807, 2.05) is 0 Å². The Kier molecular flexibility index (Phi) is 3.97. The second kappa shape index (κ2) is 5.48. The van der Waals surface area contributed by atoms with Gasteiger partial charge in [0.2, 0.25) is 5.91 Å². The average Bonchev–Trinajstić information content (AvgIpc) is 2.73. The Labute approximate surface area is 107 Å². The highest BCUT2D eigenvalue weighted by molar-refractivity contribution is 5.77. The topological polar surface area (TPSA) is 55.1 Å². The molecule has 2 rings (SSSR count). The molecule has 1 saturated carbocycles. The van der Waals surface area contributed by atoms with Crippen LogP contribution in [0.3, 0.4) is 0 Å². The van der Waals surface area contributed by atoms with Crippen LogP contribution in [0.15, 0.2) is 24.3 Å². The molecular weight excluding hydrogens is 231 g/mol. The van der Waals surface area contributed by atoms with Crippen LogP contribution in [0.25, 0.3) is 0 Å². The molecule has 1 fully saturated rings. The fraction of sp³-hybridized carbons (Fsp3) is 0.500. The molecule has 1 aromatic carbocycles. The molecule has 1 aliphatic carbocycles. The molecule has 1 aromatic rings. The molecule has 0 aromatic heterocycles. The van der Waals surface area contributed by atoms with Crippen molar-refractivity contribution < 1.29 is 9.18 Å². The van der Waals surface area contributed by atoms with Gasteiger partial charge in [0, 0.05) is 18.5 Å². The maximum atomic E-state index is 12.9. The molecule has 0 radical (unpaired) electrons. The molecule has 0 heterocycles. The largest absolute Gasteiger partial charge is 0.352 e. The molecular formula is C14H19FN2O. The van der Waals surface area contributed by atoms with Crippen molar-refractivity contribution in [3.8, 4) is 0 Å². The molecule has 18 heavy (non-hydrogen) atoms. The molecule has 98 valence electrons. The lowest BCUT2D eigenvalue weighted by Gasteiger charge is -2.22. The van der Waals surface area contributed by atoms with Crippen molar-refractivity contribution in [3.05, 3.63) is 35.6 Å². The van der Waals surface area contributed by atoms with Crippen molar-refractivity contribution in [2.24, 2.45) is 5.73 Å². The summed E-state index contributed by atoms with van der Waals surface area (Å²) in [5, 5.41) is 2.79. The molecule has 0 spiro atoms. The molecule has 0 unspecified atom stereocenters. The van der Waals surface area contributed by atoms with E-state index in [0.29, 0.717) is 13.0 Å². The smallest absolute Gasteiger partial charge is 0.222 e. The Morgan fingerprint density at radius 1 is 1.39 bits per heavy atom. The van der Waals surface area contributed by atoms with Gasteiger partial charge in [-0.1, -0.05) is 25.0 Å². The molecule has 0 saturated heterocycles. The molecule has 4 heteroatoms. The van der Waals surface area contributed by atoms with E-state index in [1.165, 1.54) is 12.1 Å². The third-order valence-corrected chi connectivity index (χ3v) is 3.49. The first-order valence-corrected chi connectivity index (χ1v) is 6.37. The summed E-state index contributed by atoms with van der Waals surface area (Å²) in [5.74, 6) is -0.337. The van der Waals surface area contributed by atoms with Crippen LogP contribution in [0.1, 0.15) is 37.7 Å². The van der Waals surface area contributed by atoms with Crippen molar-refractivity contribution in [3.63, 3.8) is 0 Å². The third kappa shape index (κ3) is 3.53. The summed E-state index contributed by atoms with van der Waals surface area (Å²) in [6, 6.07) is 6.24. The fourth-order valence-electron chi connectivity index (χ4n) is 2.49. The van der Waals surface area contributed by atoms with Crippen molar-refractivity contribution in [2.45, 2.75) is 44.2 Å². The molecule has 3 nitrogen and oxygen atoms in total. The number of amides is 1. The Morgan fingerprint density at radius 2 is 2.11 bits per heavy atom. The monoisotopic (exact) mass is 250 g/mol. The van der Waals surface area contributed by atoms with Gasteiger partial charge in [-0.15, -0.1) is 0 Å². The van der Waals surface area contributed by atoms with Crippen molar-refractivity contribution in [2.75, 3.05) is 0 Å². The predicted octanol–water partition coefficient (Wildman–Crippen LogP) is 2.10. The minimum atomic E-state index is -0.327. The minimum Gasteiger partial charge on any atom is -0.352 e. The second-order valence-corrected chi connectivity index (χ2v) is 5.15. The average molecular weight is 250 g/mol. The summed E-state index contributed by atoms with van der Waals surface area (Å²) in [7, 11) is 0. The summed E-state index contributed by atoms with van der Waals surface area (Å²) in [5.41, 5.74) is 6.57. The first-order chi connectivity index (χ1) is 8.57. The Balaban J connectivity index is 1.81. The van der Waals surface area contributed by atoms with E-state index >= 15 is 0 Å². The van der Waals surface area contributed by atoms with Gasteiger partial charge in [0.05, 0.1) is 0 Å². The number of hydrogen-bond donors (Lipinski definition) is 2. The Bertz CT molecular complexity index is 428. The maximum absolute atomic E-state index is 12.9. The number of carbonyl (C=O) groups is 1. The number of nitrogens with one attached hydrogen (secondary N) is 1. The molecule has 0 atom stereocenters. The van der Waals surface area contributed by atoms with Gasteiger partial charge in [0.1, 0.15) is 5.82 Å². The SMILES string of the molecule is NC1(CC(=O)NCc2cccc(F)c2)CCCC1. The lowest BCUT2D eigenvalue weighted by molar-refractivity contribution is -0.122. The van der Waals surface area contributed by atoms with E-state index in [4.69, 9.17) is 5.73 Å². The van der Waals surface area contributed by atoms with Gasteiger partial charge in [-0.25, -0.2) is 4.39 Å². The Morgan fingerprint density at radius 3 is 2.78 bits per heavy atom.